The summed E-state index contributed by atoms with van der Waals surface area (Å²) in [5.74, 6) is 0.781. The Kier molecular flexibility index (Phi) is 6.03. The van der Waals surface area contributed by atoms with E-state index in [1.54, 1.807) is 0 Å². The van der Waals surface area contributed by atoms with Gasteiger partial charge >= 0.3 is 0 Å². The second kappa shape index (κ2) is 7.78. The van der Waals surface area contributed by atoms with Crippen LogP contribution in [0, 0.1) is 0 Å². The van der Waals surface area contributed by atoms with E-state index in [0.29, 0.717) is 6.54 Å². The summed E-state index contributed by atoms with van der Waals surface area (Å²) in [4.78, 5) is 0. The molecule has 1 aliphatic rings. The van der Waals surface area contributed by atoms with Crippen molar-refractivity contribution in [2.75, 3.05) is 19.8 Å². The van der Waals surface area contributed by atoms with Crippen molar-refractivity contribution in [1.82, 2.24) is 5.32 Å². The van der Waals surface area contributed by atoms with Crippen LogP contribution in [0.2, 0.25) is 0 Å². The standard InChI is InChI=1S/C17H27NO3/c1-2-14-5-7-16(8-6-14)21-12-15(20)11-18-17(13-19)9-3-4-10-17/h5-8,15,18-20H,2-4,9-13H2,1H3. The molecule has 1 aliphatic carbocycles. The van der Waals surface area contributed by atoms with Crippen LogP contribution in [0.4, 0.5) is 0 Å². The molecule has 118 valence electrons. The van der Waals surface area contributed by atoms with Gasteiger partial charge in [0.1, 0.15) is 18.5 Å². The van der Waals surface area contributed by atoms with Crippen LogP contribution >= 0.6 is 0 Å². The Balaban J connectivity index is 1.72. The molecule has 0 saturated heterocycles. The summed E-state index contributed by atoms with van der Waals surface area (Å²) >= 11 is 0. The van der Waals surface area contributed by atoms with Gasteiger partial charge in [-0.25, -0.2) is 0 Å². The van der Waals surface area contributed by atoms with Gasteiger partial charge in [0.2, 0.25) is 0 Å². The number of hydrogen-bond acceptors (Lipinski definition) is 4. The van der Waals surface area contributed by atoms with E-state index in [2.05, 4.69) is 12.2 Å². The van der Waals surface area contributed by atoms with Gasteiger partial charge in [-0.3, -0.25) is 0 Å². The molecule has 0 aromatic heterocycles. The molecule has 3 N–H and O–H groups in total. The van der Waals surface area contributed by atoms with E-state index in [-0.39, 0.29) is 18.8 Å². The molecule has 2 rings (SSSR count). The van der Waals surface area contributed by atoms with Crippen molar-refractivity contribution in [1.29, 1.82) is 0 Å². The lowest BCUT2D eigenvalue weighted by Gasteiger charge is -2.29. The zero-order valence-electron chi connectivity index (χ0n) is 12.8. The molecule has 0 radical (unpaired) electrons. The summed E-state index contributed by atoms with van der Waals surface area (Å²) in [6.07, 6.45) is 4.69. The molecular formula is C17H27NO3. The third-order valence-electron chi connectivity index (χ3n) is 4.35. The first-order chi connectivity index (χ1) is 10.2. The number of benzene rings is 1. The highest BCUT2D eigenvalue weighted by Gasteiger charge is 2.32. The molecule has 0 bridgehead atoms. The zero-order valence-corrected chi connectivity index (χ0v) is 12.8. The van der Waals surface area contributed by atoms with Crippen molar-refractivity contribution < 1.29 is 14.9 Å². The predicted octanol–water partition coefficient (Wildman–Crippen LogP) is 1.88. The van der Waals surface area contributed by atoms with Gasteiger partial charge in [0.05, 0.1) is 6.61 Å². The summed E-state index contributed by atoms with van der Waals surface area (Å²) in [5, 5.41) is 22.8. The first-order valence-corrected chi connectivity index (χ1v) is 7.93. The van der Waals surface area contributed by atoms with E-state index in [0.717, 1.165) is 37.9 Å². The molecule has 0 spiro atoms. The Bertz CT molecular complexity index is 413. The number of hydrogen-bond donors (Lipinski definition) is 3. The second-order valence-corrected chi connectivity index (χ2v) is 5.99. The molecule has 0 amide bonds. The van der Waals surface area contributed by atoms with E-state index in [4.69, 9.17) is 4.74 Å². The maximum absolute atomic E-state index is 10.0. The third kappa shape index (κ3) is 4.70. The number of nitrogens with one attached hydrogen (secondary N) is 1. The highest BCUT2D eigenvalue weighted by atomic mass is 16.5. The second-order valence-electron chi connectivity index (χ2n) is 5.99. The van der Waals surface area contributed by atoms with Crippen LogP contribution in [0.5, 0.6) is 5.75 Å². The Labute approximate surface area is 127 Å². The van der Waals surface area contributed by atoms with Crippen LogP contribution in [0.25, 0.3) is 0 Å². The van der Waals surface area contributed by atoms with Crippen molar-refractivity contribution in [3.63, 3.8) is 0 Å². The van der Waals surface area contributed by atoms with Crippen LogP contribution in [-0.2, 0) is 6.42 Å². The summed E-state index contributed by atoms with van der Waals surface area (Å²) in [6.45, 7) is 2.97. The molecule has 1 aromatic rings. The summed E-state index contributed by atoms with van der Waals surface area (Å²) in [5.41, 5.74) is 1.08. The number of aliphatic hydroxyl groups excluding tert-OH is 2. The Morgan fingerprint density at radius 3 is 2.48 bits per heavy atom. The molecular weight excluding hydrogens is 266 g/mol. The molecule has 1 fully saturated rings. The summed E-state index contributed by atoms with van der Waals surface area (Å²) < 4.78 is 5.60. The van der Waals surface area contributed by atoms with Crippen molar-refractivity contribution in [3.8, 4) is 5.75 Å². The lowest BCUT2D eigenvalue weighted by atomic mass is 9.99. The smallest absolute Gasteiger partial charge is 0.119 e. The van der Waals surface area contributed by atoms with Crippen molar-refractivity contribution in [3.05, 3.63) is 29.8 Å². The van der Waals surface area contributed by atoms with Gasteiger partial charge in [0, 0.05) is 12.1 Å². The van der Waals surface area contributed by atoms with Crippen molar-refractivity contribution >= 4 is 0 Å². The predicted molar refractivity (Wildman–Crippen MR) is 83.6 cm³/mol. The van der Waals surface area contributed by atoms with Gasteiger partial charge in [-0.1, -0.05) is 31.9 Å². The van der Waals surface area contributed by atoms with Crippen molar-refractivity contribution in [2.24, 2.45) is 0 Å². The normalized spacial score (nSPS) is 18.6. The maximum atomic E-state index is 10.0. The Morgan fingerprint density at radius 2 is 1.90 bits per heavy atom. The van der Waals surface area contributed by atoms with Crippen LogP contribution in [-0.4, -0.2) is 41.6 Å². The molecule has 4 nitrogen and oxygen atoms in total. The SMILES string of the molecule is CCc1ccc(OCC(O)CNC2(CO)CCCC2)cc1. The number of β-amino-alcohol motifs (C(OH)–C–C–N with tert-alkyl or cyclic N) is 1. The Hall–Kier alpha value is -1.10. The lowest BCUT2D eigenvalue weighted by molar-refractivity contribution is 0.0850. The van der Waals surface area contributed by atoms with E-state index in [1.165, 1.54) is 5.56 Å². The average molecular weight is 293 g/mol. The highest BCUT2D eigenvalue weighted by molar-refractivity contribution is 5.27. The molecule has 21 heavy (non-hydrogen) atoms. The lowest BCUT2D eigenvalue weighted by Crippen LogP contribution is -2.49. The number of aryl methyl sites for hydroxylation is 1. The van der Waals surface area contributed by atoms with E-state index in [9.17, 15) is 10.2 Å². The number of rotatable bonds is 8. The van der Waals surface area contributed by atoms with Crippen LogP contribution in [0.15, 0.2) is 24.3 Å². The van der Waals surface area contributed by atoms with E-state index < -0.39 is 6.10 Å². The minimum absolute atomic E-state index is 0.138. The molecule has 1 atom stereocenters. The van der Waals surface area contributed by atoms with Gasteiger partial charge in [0.25, 0.3) is 0 Å². The quantitative estimate of drug-likeness (QED) is 0.685. The van der Waals surface area contributed by atoms with Gasteiger partial charge in [-0.15, -0.1) is 0 Å². The fraction of sp³-hybridized carbons (Fsp3) is 0.647. The fourth-order valence-electron chi connectivity index (χ4n) is 2.85. The molecule has 1 saturated carbocycles. The molecule has 0 heterocycles. The zero-order chi connectivity index (χ0) is 15.1. The molecule has 1 unspecified atom stereocenters. The van der Waals surface area contributed by atoms with Crippen LogP contribution in [0.1, 0.15) is 38.2 Å². The third-order valence-corrected chi connectivity index (χ3v) is 4.35. The largest absolute Gasteiger partial charge is 0.491 e. The van der Waals surface area contributed by atoms with Crippen LogP contribution in [0.3, 0.4) is 0 Å². The van der Waals surface area contributed by atoms with Crippen LogP contribution < -0.4 is 10.1 Å². The minimum atomic E-state index is -0.570. The molecule has 1 aromatic carbocycles. The van der Waals surface area contributed by atoms with Crippen molar-refractivity contribution in [2.45, 2.75) is 50.7 Å². The Morgan fingerprint density at radius 1 is 1.24 bits per heavy atom. The van der Waals surface area contributed by atoms with Gasteiger partial charge in [-0.2, -0.15) is 0 Å². The molecule has 4 heteroatoms. The minimum Gasteiger partial charge on any atom is -0.491 e. The maximum Gasteiger partial charge on any atom is 0.119 e. The number of ether oxygens (including phenoxy) is 1. The van der Waals surface area contributed by atoms with Gasteiger partial charge in [-0.05, 0) is 37.0 Å². The number of aliphatic hydroxyl groups is 2. The van der Waals surface area contributed by atoms with Gasteiger partial charge in [0.15, 0.2) is 0 Å². The average Bonchev–Trinajstić information content (AvgIpc) is 3.01. The first kappa shape index (κ1) is 16.3. The van der Waals surface area contributed by atoms with E-state index >= 15 is 0 Å². The topological polar surface area (TPSA) is 61.7 Å². The fourth-order valence-corrected chi connectivity index (χ4v) is 2.85. The summed E-state index contributed by atoms with van der Waals surface area (Å²) in [6, 6.07) is 7.95. The summed E-state index contributed by atoms with van der Waals surface area (Å²) in [7, 11) is 0. The molecule has 0 aliphatic heterocycles. The monoisotopic (exact) mass is 293 g/mol. The highest BCUT2D eigenvalue weighted by Crippen LogP contribution is 2.28. The van der Waals surface area contributed by atoms with E-state index in [1.807, 2.05) is 24.3 Å². The van der Waals surface area contributed by atoms with Gasteiger partial charge < -0.3 is 20.3 Å². The first-order valence-electron chi connectivity index (χ1n) is 7.93.